The molecule has 0 aliphatic heterocycles. The molecule has 13 heteroatoms. The van der Waals surface area contributed by atoms with Gasteiger partial charge in [0.1, 0.15) is 6.67 Å². The number of rotatable bonds is 30. The van der Waals surface area contributed by atoms with Crippen LogP contribution < -0.4 is 5.32 Å². The summed E-state index contributed by atoms with van der Waals surface area (Å²) in [5, 5.41) is 11.1. The molecule has 0 aromatic rings. The van der Waals surface area contributed by atoms with Crippen LogP contribution in [0.2, 0.25) is 0 Å². The lowest BCUT2D eigenvalue weighted by atomic mass is 10.3. The van der Waals surface area contributed by atoms with Crippen LogP contribution in [-0.4, -0.2) is 136 Å². The van der Waals surface area contributed by atoms with Crippen LogP contribution in [0.3, 0.4) is 0 Å². The second-order valence-corrected chi connectivity index (χ2v) is 7.19. The first-order valence-corrected chi connectivity index (χ1v) is 12.3. The number of carbonyl (C=O) groups excluding carboxylic acids is 1. The minimum absolute atomic E-state index is 0.0101. The SMILES string of the molecule is O=C(O)CCC(=O)NCCCOCCOCCOCCOCCOCCOCCOCCOCCF. The number of hydrogen-bond donors (Lipinski definition) is 2. The van der Waals surface area contributed by atoms with E-state index in [1.54, 1.807) is 0 Å². The Morgan fingerprint density at radius 3 is 1.19 bits per heavy atom. The Labute approximate surface area is 213 Å². The second-order valence-electron chi connectivity index (χ2n) is 7.19. The van der Waals surface area contributed by atoms with Gasteiger partial charge in [0.05, 0.1) is 106 Å². The van der Waals surface area contributed by atoms with Crippen molar-refractivity contribution in [2.75, 3.05) is 119 Å². The Bertz CT molecular complexity index is 489. The molecule has 1 amide bonds. The predicted molar refractivity (Wildman–Crippen MR) is 127 cm³/mol. The van der Waals surface area contributed by atoms with E-state index in [4.69, 9.17) is 43.0 Å². The first kappa shape index (κ1) is 34.6. The summed E-state index contributed by atoms with van der Waals surface area (Å²) < 4.78 is 54.3. The highest BCUT2D eigenvalue weighted by molar-refractivity contribution is 5.80. The zero-order valence-corrected chi connectivity index (χ0v) is 21.3. The molecule has 0 aromatic heterocycles. The van der Waals surface area contributed by atoms with E-state index < -0.39 is 12.6 Å². The van der Waals surface area contributed by atoms with E-state index in [-0.39, 0.29) is 25.4 Å². The molecule has 0 aliphatic rings. The lowest BCUT2D eigenvalue weighted by Gasteiger charge is -2.08. The molecule has 214 valence electrons. The Balaban J connectivity index is 3.07. The second kappa shape index (κ2) is 29.8. The van der Waals surface area contributed by atoms with Crippen LogP contribution in [0.4, 0.5) is 4.39 Å². The molecule has 12 nitrogen and oxygen atoms in total. The fraction of sp³-hybridized carbons (Fsp3) is 0.913. The third-order valence-electron chi connectivity index (χ3n) is 4.18. The molecule has 0 saturated carbocycles. The van der Waals surface area contributed by atoms with Gasteiger partial charge in [0.2, 0.25) is 5.91 Å². The molecule has 0 fully saturated rings. The quantitative estimate of drug-likeness (QED) is 0.125. The maximum atomic E-state index is 11.8. The molecular formula is C23H44FNO11. The summed E-state index contributed by atoms with van der Waals surface area (Å²) in [6, 6.07) is 0. The number of carbonyl (C=O) groups is 2. The van der Waals surface area contributed by atoms with E-state index in [0.29, 0.717) is 112 Å². The Morgan fingerprint density at radius 1 is 0.528 bits per heavy atom. The van der Waals surface area contributed by atoms with Crippen molar-refractivity contribution in [1.82, 2.24) is 5.32 Å². The van der Waals surface area contributed by atoms with Gasteiger partial charge >= 0.3 is 5.97 Å². The molecule has 0 atom stereocenters. The molecule has 0 bridgehead atoms. The smallest absolute Gasteiger partial charge is 0.303 e. The molecule has 0 saturated heterocycles. The van der Waals surface area contributed by atoms with Crippen molar-refractivity contribution < 1.29 is 57.0 Å². The number of nitrogens with one attached hydrogen (secondary N) is 1. The largest absolute Gasteiger partial charge is 0.481 e. The van der Waals surface area contributed by atoms with Crippen LogP contribution in [0.15, 0.2) is 0 Å². The van der Waals surface area contributed by atoms with Gasteiger partial charge in [-0.15, -0.1) is 0 Å². The fourth-order valence-electron chi connectivity index (χ4n) is 2.41. The van der Waals surface area contributed by atoms with E-state index in [9.17, 15) is 14.0 Å². The van der Waals surface area contributed by atoms with Crippen molar-refractivity contribution in [3.05, 3.63) is 0 Å². The lowest BCUT2D eigenvalue weighted by Crippen LogP contribution is -2.25. The maximum absolute atomic E-state index is 11.8. The third kappa shape index (κ3) is 30.6. The zero-order valence-electron chi connectivity index (χ0n) is 21.3. The average Bonchev–Trinajstić information content (AvgIpc) is 2.87. The van der Waals surface area contributed by atoms with Crippen molar-refractivity contribution in [2.24, 2.45) is 0 Å². The molecule has 0 aromatic carbocycles. The van der Waals surface area contributed by atoms with Gasteiger partial charge in [-0.2, -0.15) is 0 Å². The number of carboxylic acid groups (broad SMARTS) is 1. The lowest BCUT2D eigenvalue weighted by molar-refractivity contribution is -0.138. The number of halogens is 1. The average molecular weight is 530 g/mol. The topological polar surface area (TPSA) is 140 Å². The first-order chi connectivity index (χ1) is 17.7. The van der Waals surface area contributed by atoms with Crippen molar-refractivity contribution >= 4 is 11.9 Å². The van der Waals surface area contributed by atoms with Gasteiger partial charge in [0.15, 0.2) is 0 Å². The molecule has 0 unspecified atom stereocenters. The van der Waals surface area contributed by atoms with Crippen LogP contribution in [0.5, 0.6) is 0 Å². The number of alkyl halides is 1. The molecule has 0 heterocycles. The van der Waals surface area contributed by atoms with Gasteiger partial charge in [-0.05, 0) is 6.42 Å². The number of aliphatic carboxylic acids is 1. The van der Waals surface area contributed by atoms with Crippen LogP contribution in [-0.2, 0) is 47.5 Å². The Morgan fingerprint density at radius 2 is 0.861 bits per heavy atom. The van der Waals surface area contributed by atoms with Crippen LogP contribution >= 0.6 is 0 Å². The number of amides is 1. The Kier molecular flexibility index (Phi) is 28.6. The normalized spacial score (nSPS) is 11.1. The molecular weight excluding hydrogens is 485 g/mol. The zero-order chi connectivity index (χ0) is 26.4. The van der Waals surface area contributed by atoms with Gasteiger partial charge in [-0.25, -0.2) is 4.39 Å². The first-order valence-electron chi connectivity index (χ1n) is 12.3. The van der Waals surface area contributed by atoms with Crippen molar-refractivity contribution in [3.8, 4) is 0 Å². The van der Waals surface area contributed by atoms with Crippen LogP contribution in [0, 0.1) is 0 Å². The van der Waals surface area contributed by atoms with Gasteiger partial charge in [-0.1, -0.05) is 0 Å². The summed E-state index contributed by atoms with van der Waals surface area (Å²) in [7, 11) is 0. The van der Waals surface area contributed by atoms with E-state index in [2.05, 4.69) is 5.32 Å². The van der Waals surface area contributed by atoms with Crippen molar-refractivity contribution in [3.63, 3.8) is 0 Å². The van der Waals surface area contributed by atoms with Gasteiger partial charge in [0, 0.05) is 19.6 Å². The summed E-state index contributed by atoms with van der Waals surface area (Å²) in [4.78, 5) is 21.7. The highest BCUT2D eigenvalue weighted by atomic mass is 19.1. The molecule has 0 aliphatic carbocycles. The molecule has 36 heavy (non-hydrogen) atoms. The number of carboxylic acids is 1. The highest BCUT2D eigenvalue weighted by Gasteiger charge is 2.04. The van der Waals surface area contributed by atoms with Crippen LogP contribution in [0.1, 0.15) is 19.3 Å². The number of hydrogen-bond acceptors (Lipinski definition) is 10. The molecule has 2 N–H and O–H groups in total. The third-order valence-corrected chi connectivity index (χ3v) is 4.18. The molecule has 0 spiro atoms. The summed E-state index contributed by atoms with van der Waals surface area (Å²) in [6.45, 7) is 6.99. The minimum Gasteiger partial charge on any atom is -0.481 e. The van der Waals surface area contributed by atoms with Gasteiger partial charge < -0.3 is 48.3 Å². The van der Waals surface area contributed by atoms with Gasteiger partial charge in [-0.3, -0.25) is 9.59 Å². The van der Waals surface area contributed by atoms with Crippen LogP contribution in [0.25, 0.3) is 0 Å². The van der Waals surface area contributed by atoms with E-state index in [0.717, 1.165) is 0 Å². The summed E-state index contributed by atoms with van der Waals surface area (Å²) in [6.07, 6.45) is 0.478. The van der Waals surface area contributed by atoms with Crippen molar-refractivity contribution in [2.45, 2.75) is 19.3 Å². The Hall–Kier alpha value is -1.45. The number of ether oxygens (including phenoxy) is 8. The van der Waals surface area contributed by atoms with Gasteiger partial charge in [0.25, 0.3) is 0 Å². The summed E-state index contributed by atoms with van der Waals surface area (Å²) in [5.74, 6) is -1.25. The predicted octanol–water partition coefficient (Wildman–Crippen LogP) is 0.460. The highest BCUT2D eigenvalue weighted by Crippen LogP contribution is 1.90. The fourth-order valence-corrected chi connectivity index (χ4v) is 2.41. The standard InChI is InChI=1S/C23H44FNO11/c24-4-7-30-9-11-32-13-15-34-17-19-36-21-20-35-18-16-33-14-12-31-10-8-29-6-1-5-25-22(26)2-3-23(27)28/h1-21H2,(H,25,26)(H,27,28). The van der Waals surface area contributed by atoms with E-state index >= 15 is 0 Å². The molecule has 0 radical (unpaired) electrons. The summed E-state index contributed by atoms with van der Waals surface area (Å²) in [5.41, 5.74) is 0. The summed E-state index contributed by atoms with van der Waals surface area (Å²) >= 11 is 0. The van der Waals surface area contributed by atoms with E-state index in [1.807, 2.05) is 0 Å². The minimum atomic E-state index is -0.984. The van der Waals surface area contributed by atoms with E-state index in [1.165, 1.54) is 0 Å². The monoisotopic (exact) mass is 529 g/mol. The van der Waals surface area contributed by atoms with Crippen molar-refractivity contribution in [1.29, 1.82) is 0 Å². The molecule has 0 rings (SSSR count). The maximum Gasteiger partial charge on any atom is 0.303 e.